The van der Waals surface area contributed by atoms with Gasteiger partial charge in [-0.2, -0.15) is 0 Å². The van der Waals surface area contributed by atoms with E-state index in [9.17, 15) is 19.2 Å². The molecule has 0 aromatic heterocycles. The Kier molecular flexibility index (Phi) is 8.00. The highest BCUT2D eigenvalue weighted by atomic mass is 16.5. The zero-order chi connectivity index (χ0) is 24.8. The SMILES string of the molecule is CC(=O)OCc1ccc(C2CC2)c(NC(=O)CCNC(=O)CCCN2C(=O)C=CC2=C2CCC2)c1. The molecular formula is C27H33N3O5. The number of amides is 3. The number of anilines is 1. The molecule has 2 N–H and O–H groups in total. The van der Waals surface area contributed by atoms with Crippen LogP contribution in [0.5, 0.6) is 0 Å². The van der Waals surface area contributed by atoms with Crippen LogP contribution in [0.4, 0.5) is 5.69 Å². The number of carbonyl (C=O) groups is 4. The Labute approximate surface area is 205 Å². The van der Waals surface area contributed by atoms with Gasteiger partial charge in [-0.3, -0.25) is 19.2 Å². The highest BCUT2D eigenvalue weighted by Crippen LogP contribution is 2.43. The van der Waals surface area contributed by atoms with Crippen molar-refractivity contribution in [3.8, 4) is 0 Å². The molecule has 0 spiro atoms. The summed E-state index contributed by atoms with van der Waals surface area (Å²) in [6, 6.07) is 5.76. The Morgan fingerprint density at radius 2 is 1.89 bits per heavy atom. The first kappa shape index (κ1) is 24.7. The summed E-state index contributed by atoms with van der Waals surface area (Å²) in [5.41, 5.74) is 4.99. The average molecular weight is 480 g/mol. The van der Waals surface area contributed by atoms with Gasteiger partial charge in [0.1, 0.15) is 6.61 Å². The molecule has 3 amide bonds. The number of benzene rings is 1. The third-order valence-corrected chi connectivity index (χ3v) is 6.57. The van der Waals surface area contributed by atoms with E-state index in [1.165, 1.54) is 18.9 Å². The van der Waals surface area contributed by atoms with Crippen LogP contribution in [0.2, 0.25) is 0 Å². The molecule has 0 radical (unpaired) electrons. The lowest BCUT2D eigenvalue weighted by atomic mass is 9.90. The lowest BCUT2D eigenvalue weighted by Gasteiger charge is -2.25. The van der Waals surface area contributed by atoms with Crippen molar-refractivity contribution in [3.05, 3.63) is 52.7 Å². The standard InChI is InChI=1S/C27H33N3O5/c1-18(31)35-17-19-7-10-22(20-8-9-20)23(16-19)29-26(33)13-14-28-25(32)6-3-15-30-24(11-12-27(30)34)21-4-2-5-21/h7,10-12,16,20H,2-6,8-9,13-15,17H2,1H3,(H,28,32)(H,29,33). The molecule has 1 aromatic carbocycles. The maximum atomic E-state index is 12.5. The average Bonchev–Trinajstić information content (AvgIpc) is 3.56. The second-order valence-corrected chi connectivity index (χ2v) is 9.39. The van der Waals surface area contributed by atoms with Crippen LogP contribution >= 0.6 is 0 Å². The van der Waals surface area contributed by atoms with E-state index in [-0.39, 0.29) is 43.3 Å². The second-order valence-electron chi connectivity index (χ2n) is 9.39. The van der Waals surface area contributed by atoms with Crippen LogP contribution in [-0.2, 0) is 30.5 Å². The fraction of sp³-hybridized carbons (Fsp3) is 0.481. The highest BCUT2D eigenvalue weighted by molar-refractivity contribution is 5.93. The fourth-order valence-corrected chi connectivity index (χ4v) is 4.35. The molecule has 1 aromatic rings. The van der Waals surface area contributed by atoms with Crippen molar-refractivity contribution in [2.75, 3.05) is 18.4 Å². The molecule has 4 rings (SSSR count). The van der Waals surface area contributed by atoms with Crippen molar-refractivity contribution in [2.24, 2.45) is 0 Å². The lowest BCUT2D eigenvalue weighted by molar-refractivity contribution is -0.142. The maximum Gasteiger partial charge on any atom is 0.302 e. The lowest BCUT2D eigenvalue weighted by Crippen LogP contribution is -2.30. The number of hydrogen-bond donors (Lipinski definition) is 2. The Hall–Kier alpha value is -3.42. The topological polar surface area (TPSA) is 105 Å². The Bertz CT molecular complexity index is 1060. The predicted molar refractivity (Wildman–Crippen MR) is 131 cm³/mol. The van der Waals surface area contributed by atoms with Gasteiger partial charge in [-0.25, -0.2) is 0 Å². The van der Waals surface area contributed by atoms with E-state index in [1.54, 1.807) is 11.0 Å². The van der Waals surface area contributed by atoms with Crippen molar-refractivity contribution < 1.29 is 23.9 Å². The Balaban J connectivity index is 1.19. The van der Waals surface area contributed by atoms with Crippen LogP contribution in [0.15, 0.2) is 41.6 Å². The highest BCUT2D eigenvalue weighted by Gasteiger charge is 2.27. The van der Waals surface area contributed by atoms with E-state index >= 15 is 0 Å². The third-order valence-electron chi connectivity index (χ3n) is 6.57. The molecule has 1 heterocycles. The molecule has 0 bridgehead atoms. The molecule has 8 nitrogen and oxygen atoms in total. The molecule has 2 fully saturated rings. The molecular weight excluding hydrogens is 446 g/mol. The number of carbonyl (C=O) groups excluding carboxylic acids is 4. The van der Waals surface area contributed by atoms with Crippen LogP contribution in [0.25, 0.3) is 0 Å². The summed E-state index contributed by atoms with van der Waals surface area (Å²) in [7, 11) is 0. The molecule has 2 aliphatic carbocycles. The van der Waals surface area contributed by atoms with Crippen LogP contribution in [0, 0.1) is 0 Å². The van der Waals surface area contributed by atoms with Gasteiger partial charge >= 0.3 is 5.97 Å². The summed E-state index contributed by atoms with van der Waals surface area (Å²) in [4.78, 5) is 49.7. The monoisotopic (exact) mass is 479 g/mol. The van der Waals surface area contributed by atoms with Gasteiger partial charge in [0.25, 0.3) is 5.91 Å². The van der Waals surface area contributed by atoms with Crippen molar-refractivity contribution >= 4 is 29.4 Å². The number of esters is 1. The van der Waals surface area contributed by atoms with Crippen LogP contribution in [0.1, 0.15) is 75.3 Å². The summed E-state index contributed by atoms with van der Waals surface area (Å²) in [6.45, 7) is 2.29. The summed E-state index contributed by atoms with van der Waals surface area (Å²) >= 11 is 0. The van der Waals surface area contributed by atoms with E-state index < -0.39 is 0 Å². The van der Waals surface area contributed by atoms with Crippen LogP contribution in [-0.4, -0.2) is 41.7 Å². The minimum atomic E-state index is -0.350. The van der Waals surface area contributed by atoms with Gasteiger partial charge < -0.3 is 20.3 Å². The molecule has 3 aliphatic rings. The van der Waals surface area contributed by atoms with Crippen molar-refractivity contribution in [1.29, 1.82) is 0 Å². The van der Waals surface area contributed by atoms with Crippen molar-refractivity contribution in [1.82, 2.24) is 10.2 Å². The zero-order valence-electron chi connectivity index (χ0n) is 20.2. The van der Waals surface area contributed by atoms with Gasteiger partial charge in [-0.1, -0.05) is 12.1 Å². The van der Waals surface area contributed by atoms with Gasteiger partial charge in [-0.15, -0.1) is 0 Å². The first-order valence-corrected chi connectivity index (χ1v) is 12.4. The minimum Gasteiger partial charge on any atom is -0.461 e. The summed E-state index contributed by atoms with van der Waals surface area (Å²) in [5.74, 6) is -0.221. The number of nitrogens with zero attached hydrogens (tertiary/aromatic N) is 1. The van der Waals surface area contributed by atoms with Gasteiger partial charge in [-0.05, 0) is 73.3 Å². The number of allylic oxidation sites excluding steroid dienone is 2. The Morgan fingerprint density at radius 1 is 1.09 bits per heavy atom. The first-order chi connectivity index (χ1) is 16.9. The fourth-order valence-electron chi connectivity index (χ4n) is 4.35. The molecule has 0 unspecified atom stereocenters. The third kappa shape index (κ3) is 6.81. The number of nitrogens with one attached hydrogen (secondary N) is 2. The summed E-state index contributed by atoms with van der Waals surface area (Å²) < 4.78 is 5.07. The van der Waals surface area contributed by atoms with Gasteiger partial charge in [0.05, 0.1) is 0 Å². The van der Waals surface area contributed by atoms with E-state index in [4.69, 9.17) is 4.74 Å². The van der Waals surface area contributed by atoms with E-state index in [2.05, 4.69) is 10.6 Å². The quantitative estimate of drug-likeness (QED) is 0.471. The molecule has 8 heteroatoms. The first-order valence-electron chi connectivity index (χ1n) is 12.4. The van der Waals surface area contributed by atoms with Gasteiger partial charge in [0, 0.05) is 50.3 Å². The van der Waals surface area contributed by atoms with Gasteiger partial charge in [0.15, 0.2) is 0 Å². The molecule has 0 atom stereocenters. The molecule has 1 aliphatic heterocycles. The van der Waals surface area contributed by atoms with Crippen LogP contribution < -0.4 is 10.6 Å². The second kappa shape index (κ2) is 11.3. The molecule has 2 saturated carbocycles. The van der Waals surface area contributed by atoms with Crippen molar-refractivity contribution in [3.63, 3.8) is 0 Å². The van der Waals surface area contributed by atoms with Crippen LogP contribution in [0.3, 0.4) is 0 Å². The van der Waals surface area contributed by atoms with E-state index in [1.807, 2.05) is 24.3 Å². The van der Waals surface area contributed by atoms with E-state index in [0.717, 1.165) is 48.2 Å². The Morgan fingerprint density at radius 3 is 2.57 bits per heavy atom. The maximum absolute atomic E-state index is 12.5. The molecule has 0 saturated heterocycles. The van der Waals surface area contributed by atoms with Gasteiger partial charge in [0.2, 0.25) is 11.8 Å². The minimum absolute atomic E-state index is 0.0148. The summed E-state index contributed by atoms with van der Waals surface area (Å²) in [6.07, 6.45) is 9.98. The number of hydrogen-bond acceptors (Lipinski definition) is 5. The zero-order valence-corrected chi connectivity index (χ0v) is 20.2. The van der Waals surface area contributed by atoms with Crippen molar-refractivity contribution in [2.45, 2.75) is 70.8 Å². The summed E-state index contributed by atoms with van der Waals surface area (Å²) in [5, 5.41) is 5.76. The molecule has 186 valence electrons. The number of rotatable bonds is 11. The predicted octanol–water partition coefficient (Wildman–Crippen LogP) is 3.69. The largest absolute Gasteiger partial charge is 0.461 e. The van der Waals surface area contributed by atoms with E-state index in [0.29, 0.717) is 25.3 Å². The molecule has 35 heavy (non-hydrogen) atoms. The normalized spacial score (nSPS) is 16.8. The number of ether oxygens (including phenoxy) is 1. The smallest absolute Gasteiger partial charge is 0.302 e.